The van der Waals surface area contributed by atoms with E-state index in [0.29, 0.717) is 17.4 Å². The van der Waals surface area contributed by atoms with Gasteiger partial charge in [0.05, 0.1) is 5.69 Å². The number of nitrogens with zero attached hydrogens (tertiary/aromatic N) is 1. The number of nitrogen functional groups attached to an aromatic ring is 1. The summed E-state index contributed by atoms with van der Waals surface area (Å²) < 4.78 is 2.98. The van der Waals surface area contributed by atoms with Crippen LogP contribution in [0.5, 0.6) is 0 Å². The maximum absolute atomic E-state index is 12.4. The minimum Gasteiger partial charge on any atom is -0.397 e. The maximum atomic E-state index is 12.4. The van der Waals surface area contributed by atoms with Crippen LogP contribution in [0.25, 0.3) is 0 Å². The summed E-state index contributed by atoms with van der Waals surface area (Å²) in [6, 6.07) is 7.95. The Morgan fingerprint density at radius 2 is 2.15 bits per heavy atom. The van der Waals surface area contributed by atoms with Crippen LogP contribution in [0.15, 0.2) is 34.9 Å². The molecule has 3 N–H and O–H groups in total. The molecule has 104 valence electrons. The van der Waals surface area contributed by atoms with E-state index >= 15 is 0 Å². The number of amides is 1. The van der Waals surface area contributed by atoms with Gasteiger partial charge in [0.15, 0.2) is 0 Å². The van der Waals surface area contributed by atoms with Crippen LogP contribution in [-0.2, 0) is 0 Å². The quantitative estimate of drug-likeness (QED) is 0.898. The number of anilines is 2. The minimum atomic E-state index is -0.112. The molecule has 0 unspecified atom stereocenters. The van der Waals surface area contributed by atoms with Gasteiger partial charge in [-0.2, -0.15) is 0 Å². The summed E-state index contributed by atoms with van der Waals surface area (Å²) in [5.41, 5.74) is 8.92. The molecule has 1 aromatic carbocycles. The van der Waals surface area contributed by atoms with Crippen molar-refractivity contribution in [3.05, 3.63) is 46.2 Å². The number of aromatic nitrogens is 1. The molecule has 1 amide bonds. The largest absolute Gasteiger partial charge is 0.397 e. The Labute approximate surface area is 126 Å². The second-order valence-corrected chi connectivity index (χ2v) is 6.13. The average molecular weight is 334 g/mol. The SMILES string of the molecule is Cc1cc(Br)ccc1NC(=O)c1cc(N)cn1C1CC1. The van der Waals surface area contributed by atoms with E-state index in [4.69, 9.17) is 5.73 Å². The van der Waals surface area contributed by atoms with Crippen molar-refractivity contribution in [2.24, 2.45) is 0 Å². The first-order valence-corrected chi connectivity index (χ1v) is 7.39. The van der Waals surface area contributed by atoms with Crippen LogP contribution in [0, 0.1) is 6.92 Å². The molecule has 1 fully saturated rings. The zero-order valence-corrected chi connectivity index (χ0v) is 12.8. The van der Waals surface area contributed by atoms with Crippen molar-refractivity contribution in [3.63, 3.8) is 0 Å². The molecule has 0 spiro atoms. The van der Waals surface area contributed by atoms with Crippen molar-refractivity contribution >= 4 is 33.2 Å². The van der Waals surface area contributed by atoms with Gasteiger partial charge in [-0.25, -0.2) is 0 Å². The summed E-state index contributed by atoms with van der Waals surface area (Å²) in [6.45, 7) is 1.97. The standard InChI is InChI=1S/C15H16BrN3O/c1-9-6-10(16)2-5-13(9)18-15(20)14-7-11(17)8-19(14)12-3-4-12/h2,5-8,12H,3-4,17H2,1H3,(H,18,20). The minimum absolute atomic E-state index is 0.112. The highest BCUT2D eigenvalue weighted by Crippen LogP contribution is 2.37. The van der Waals surface area contributed by atoms with Gasteiger partial charge >= 0.3 is 0 Å². The molecule has 4 nitrogen and oxygen atoms in total. The van der Waals surface area contributed by atoms with Gasteiger partial charge in [0.1, 0.15) is 5.69 Å². The van der Waals surface area contributed by atoms with Crippen LogP contribution in [0.1, 0.15) is 34.9 Å². The molecule has 2 aromatic rings. The molecule has 0 radical (unpaired) electrons. The average Bonchev–Trinajstić information content (AvgIpc) is 3.16. The van der Waals surface area contributed by atoms with E-state index in [0.717, 1.165) is 28.6 Å². The van der Waals surface area contributed by atoms with Gasteiger partial charge < -0.3 is 15.6 Å². The van der Waals surface area contributed by atoms with E-state index < -0.39 is 0 Å². The molecular weight excluding hydrogens is 318 g/mol. The Morgan fingerprint density at radius 3 is 2.80 bits per heavy atom. The number of carbonyl (C=O) groups is 1. The summed E-state index contributed by atoms with van der Waals surface area (Å²) in [6.07, 6.45) is 4.08. The molecule has 5 heteroatoms. The molecular formula is C15H16BrN3O. The zero-order valence-electron chi connectivity index (χ0n) is 11.2. The lowest BCUT2D eigenvalue weighted by Crippen LogP contribution is -2.16. The van der Waals surface area contributed by atoms with Crippen molar-refractivity contribution in [3.8, 4) is 0 Å². The third kappa shape index (κ3) is 2.58. The van der Waals surface area contributed by atoms with E-state index in [1.165, 1.54) is 0 Å². The van der Waals surface area contributed by atoms with Crippen molar-refractivity contribution in [2.75, 3.05) is 11.1 Å². The number of nitrogens with two attached hydrogens (primary N) is 1. The number of rotatable bonds is 3. The molecule has 1 aliphatic rings. The first kappa shape index (κ1) is 13.2. The summed E-state index contributed by atoms with van der Waals surface area (Å²) in [5.74, 6) is -0.112. The highest BCUT2D eigenvalue weighted by atomic mass is 79.9. The van der Waals surface area contributed by atoms with Gasteiger partial charge in [-0.15, -0.1) is 0 Å². The van der Waals surface area contributed by atoms with Crippen LogP contribution >= 0.6 is 15.9 Å². The molecule has 0 atom stereocenters. The second-order valence-electron chi connectivity index (χ2n) is 5.21. The number of halogens is 1. The van der Waals surface area contributed by atoms with Gasteiger partial charge in [0, 0.05) is 22.4 Å². The van der Waals surface area contributed by atoms with Crippen LogP contribution in [0.4, 0.5) is 11.4 Å². The second kappa shape index (κ2) is 4.98. The predicted octanol–water partition coefficient (Wildman–Crippen LogP) is 3.73. The Balaban J connectivity index is 1.86. The number of benzene rings is 1. The van der Waals surface area contributed by atoms with Crippen molar-refractivity contribution in [1.82, 2.24) is 4.57 Å². The van der Waals surface area contributed by atoms with E-state index in [9.17, 15) is 4.79 Å². The third-order valence-corrected chi connectivity index (χ3v) is 3.97. The Hall–Kier alpha value is -1.75. The summed E-state index contributed by atoms with van der Waals surface area (Å²) in [7, 11) is 0. The van der Waals surface area contributed by atoms with E-state index in [1.54, 1.807) is 6.07 Å². The topological polar surface area (TPSA) is 60.1 Å². The highest BCUT2D eigenvalue weighted by molar-refractivity contribution is 9.10. The number of hydrogen-bond donors (Lipinski definition) is 2. The van der Waals surface area contributed by atoms with Crippen LogP contribution < -0.4 is 11.1 Å². The third-order valence-electron chi connectivity index (χ3n) is 3.48. The molecule has 0 aliphatic heterocycles. The van der Waals surface area contributed by atoms with Gasteiger partial charge in [-0.3, -0.25) is 4.79 Å². The summed E-state index contributed by atoms with van der Waals surface area (Å²) in [5, 5.41) is 2.95. The highest BCUT2D eigenvalue weighted by Gasteiger charge is 2.27. The molecule has 1 aliphatic carbocycles. The number of aryl methyl sites for hydroxylation is 1. The lowest BCUT2D eigenvalue weighted by atomic mass is 10.2. The van der Waals surface area contributed by atoms with Gasteiger partial charge in [0.25, 0.3) is 5.91 Å². The maximum Gasteiger partial charge on any atom is 0.272 e. The lowest BCUT2D eigenvalue weighted by Gasteiger charge is -2.10. The van der Waals surface area contributed by atoms with Crippen LogP contribution in [-0.4, -0.2) is 10.5 Å². The van der Waals surface area contributed by atoms with Crippen LogP contribution in [0.2, 0.25) is 0 Å². The number of hydrogen-bond acceptors (Lipinski definition) is 2. The number of carbonyl (C=O) groups excluding carboxylic acids is 1. The zero-order chi connectivity index (χ0) is 14.3. The fourth-order valence-electron chi connectivity index (χ4n) is 2.29. The summed E-state index contributed by atoms with van der Waals surface area (Å²) in [4.78, 5) is 12.4. The molecule has 1 heterocycles. The fraction of sp³-hybridized carbons (Fsp3) is 0.267. The Morgan fingerprint density at radius 1 is 1.40 bits per heavy atom. The normalized spacial score (nSPS) is 14.3. The van der Waals surface area contributed by atoms with Gasteiger partial charge in [-0.05, 0) is 49.6 Å². The van der Waals surface area contributed by atoms with Crippen LogP contribution in [0.3, 0.4) is 0 Å². The molecule has 20 heavy (non-hydrogen) atoms. The fourth-order valence-corrected chi connectivity index (χ4v) is 2.77. The van der Waals surface area contributed by atoms with E-state index in [2.05, 4.69) is 21.2 Å². The Bertz CT molecular complexity index is 674. The summed E-state index contributed by atoms with van der Waals surface area (Å²) >= 11 is 3.42. The lowest BCUT2D eigenvalue weighted by molar-refractivity contribution is 0.101. The predicted molar refractivity (Wildman–Crippen MR) is 83.9 cm³/mol. The molecule has 0 saturated heterocycles. The molecule has 3 rings (SSSR count). The van der Waals surface area contributed by atoms with Crippen molar-refractivity contribution in [1.29, 1.82) is 0 Å². The van der Waals surface area contributed by atoms with E-state index in [1.807, 2.05) is 35.9 Å². The molecule has 0 bridgehead atoms. The molecule has 1 aromatic heterocycles. The monoisotopic (exact) mass is 333 g/mol. The van der Waals surface area contributed by atoms with Crippen molar-refractivity contribution in [2.45, 2.75) is 25.8 Å². The van der Waals surface area contributed by atoms with Gasteiger partial charge in [0.2, 0.25) is 0 Å². The van der Waals surface area contributed by atoms with E-state index in [-0.39, 0.29) is 5.91 Å². The molecule has 1 saturated carbocycles. The first-order chi connectivity index (χ1) is 9.54. The Kier molecular flexibility index (Phi) is 3.30. The first-order valence-electron chi connectivity index (χ1n) is 6.59. The van der Waals surface area contributed by atoms with Gasteiger partial charge in [-0.1, -0.05) is 15.9 Å². The van der Waals surface area contributed by atoms with Crippen molar-refractivity contribution < 1.29 is 4.79 Å². The smallest absolute Gasteiger partial charge is 0.272 e. The number of nitrogens with one attached hydrogen (secondary N) is 1.